The molecule has 1 aromatic heterocycles. The number of benzene rings is 1. The minimum atomic E-state index is -0.0841. The van der Waals surface area contributed by atoms with Gasteiger partial charge in [0.1, 0.15) is 18.2 Å². The summed E-state index contributed by atoms with van der Waals surface area (Å²) < 4.78 is 5.72. The monoisotopic (exact) mass is 257 g/mol. The van der Waals surface area contributed by atoms with E-state index >= 15 is 0 Å². The van der Waals surface area contributed by atoms with Crippen molar-refractivity contribution in [3.63, 3.8) is 0 Å². The predicted molar refractivity (Wildman–Crippen MR) is 70.9 cm³/mol. The van der Waals surface area contributed by atoms with E-state index in [0.717, 1.165) is 30.2 Å². The Morgan fingerprint density at radius 2 is 2.11 bits per heavy atom. The Morgan fingerprint density at radius 1 is 1.21 bits per heavy atom. The van der Waals surface area contributed by atoms with Crippen molar-refractivity contribution in [3.05, 3.63) is 47.9 Å². The van der Waals surface area contributed by atoms with Crippen LogP contribution in [0, 0.1) is 0 Å². The second-order valence-corrected chi connectivity index (χ2v) is 4.40. The Labute approximate surface area is 111 Å². The van der Waals surface area contributed by atoms with Gasteiger partial charge in [-0.3, -0.25) is 4.98 Å². The van der Waals surface area contributed by atoms with Crippen molar-refractivity contribution >= 4 is 5.82 Å². The van der Waals surface area contributed by atoms with E-state index in [4.69, 9.17) is 9.84 Å². The van der Waals surface area contributed by atoms with Crippen molar-refractivity contribution in [2.24, 2.45) is 0 Å². The normalized spacial score (nSPS) is 14.5. The predicted octanol–water partition coefficient (Wildman–Crippen LogP) is 1.37. The van der Waals surface area contributed by atoms with Crippen molar-refractivity contribution in [3.8, 4) is 5.75 Å². The number of aliphatic hydroxyl groups is 1. The first-order valence-electron chi connectivity index (χ1n) is 6.24. The number of aliphatic hydroxyl groups excluding tert-OH is 1. The molecule has 0 unspecified atom stereocenters. The number of rotatable bonds is 2. The standard InChI is InChI=1S/C14H15N3O2/c18-10-12-7-16-14(8-15-12)17-5-6-19-13-4-2-1-3-11(13)9-17/h1-4,7-8,18H,5-6,9-10H2. The van der Waals surface area contributed by atoms with Crippen LogP contribution in [0.15, 0.2) is 36.7 Å². The van der Waals surface area contributed by atoms with E-state index in [9.17, 15) is 0 Å². The van der Waals surface area contributed by atoms with E-state index in [1.807, 2.05) is 18.2 Å². The number of nitrogens with zero attached hydrogens (tertiary/aromatic N) is 3. The van der Waals surface area contributed by atoms with Gasteiger partial charge in [0.25, 0.3) is 0 Å². The van der Waals surface area contributed by atoms with Gasteiger partial charge in [0.05, 0.1) is 31.2 Å². The van der Waals surface area contributed by atoms with Crippen LogP contribution >= 0.6 is 0 Å². The first-order chi connectivity index (χ1) is 9.36. The molecule has 3 rings (SSSR count). The third kappa shape index (κ3) is 2.51. The highest BCUT2D eigenvalue weighted by Crippen LogP contribution is 2.24. The van der Waals surface area contributed by atoms with Gasteiger partial charge in [0.15, 0.2) is 0 Å². The van der Waals surface area contributed by atoms with E-state index in [-0.39, 0.29) is 6.61 Å². The zero-order chi connectivity index (χ0) is 13.1. The molecule has 0 aliphatic carbocycles. The number of aromatic nitrogens is 2. The van der Waals surface area contributed by atoms with Crippen LogP contribution in [0.4, 0.5) is 5.82 Å². The van der Waals surface area contributed by atoms with E-state index < -0.39 is 0 Å². The molecule has 19 heavy (non-hydrogen) atoms. The number of fused-ring (bicyclic) bond motifs is 1. The van der Waals surface area contributed by atoms with Gasteiger partial charge >= 0.3 is 0 Å². The molecule has 2 heterocycles. The summed E-state index contributed by atoms with van der Waals surface area (Å²) in [7, 11) is 0. The van der Waals surface area contributed by atoms with Crippen molar-refractivity contribution in [2.75, 3.05) is 18.1 Å². The highest BCUT2D eigenvalue weighted by Gasteiger charge is 2.16. The van der Waals surface area contributed by atoms with Crippen LogP contribution in [0.25, 0.3) is 0 Å². The van der Waals surface area contributed by atoms with E-state index in [1.54, 1.807) is 12.4 Å². The summed E-state index contributed by atoms with van der Waals surface area (Å²) in [5.41, 5.74) is 1.73. The molecule has 98 valence electrons. The Bertz CT molecular complexity index is 557. The maximum Gasteiger partial charge on any atom is 0.147 e. The average molecular weight is 257 g/mol. The number of para-hydroxylation sites is 1. The zero-order valence-electron chi connectivity index (χ0n) is 10.5. The summed E-state index contributed by atoms with van der Waals surface area (Å²) in [6.07, 6.45) is 3.30. The quantitative estimate of drug-likeness (QED) is 0.880. The van der Waals surface area contributed by atoms with Gasteiger partial charge in [-0.1, -0.05) is 18.2 Å². The minimum Gasteiger partial charge on any atom is -0.491 e. The maximum absolute atomic E-state index is 8.98. The first-order valence-corrected chi connectivity index (χ1v) is 6.24. The molecule has 0 bridgehead atoms. The Morgan fingerprint density at radius 3 is 2.89 bits per heavy atom. The van der Waals surface area contributed by atoms with Crippen LogP contribution in [0.2, 0.25) is 0 Å². The van der Waals surface area contributed by atoms with Gasteiger partial charge in [-0.05, 0) is 6.07 Å². The zero-order valence-corrected chi connectivity index (χ0v) is 10.5. The second-order valence-electron chi connectivity index (χ2n) is 4.40. The molecule has 0 amide bonds. The molecule has 0 saturated carbocycles. The molecule has 1 aliphatic heterocycles. The fourth-order valence-corrected chi connectivity index (χ4v) is 2.11. The van der Waals surface area contributed by atoms with Crippen molar-refractivity contribution < 1.29 is 9.84 Å². The number of hydrogen-bond acceptors (Lipinski definition) is 5. The van der Waals surface area contributed by atoms with Gasteiger partial charge in [0.2, 0.25) is 0 Å². The highest BCUT2D eigenvalue weighted by atomic mass is 16.5. The fourth-order valence-electron chi connectivity index (χ4n) is 2.11. The van der Waals surface area contributed by atoms with Gasteiger partial charge < -0.3 is 14.7 Å². The lowest BCUT2D eigenvalue weighted by atomic mass is 10.2. The number of anilines is 1. The molecule has 0 saturated heterocycles. The van der Waals surface area contributed by atoms with Crippen LogP contribution in [0.3, 0.4) is 0 Å². The average Bonchev–Trinajstić information content (AvgIpc) is 2.69. The molecule has 1 aliphatic rings. The number of hydrogen-bond donors (Lipinski definition) is 1. The Hall–Kier alpha value is -2.14. The van der Waals surface area contributed by atoms with Crippen molar-refractivity contribution in [2.45, 2.75) is 13.2 Å². The topological polar surface area (TPSA) is 58.5 Å². The molecular formula is C14H15N3O2. The molecule has 2 aromatic rings. The van der Waals surface area contributed by atoms with Crippen LogP contribution in [0.5, 0.6) is 5.75 Å². The maximum atomic E-state index is 8.98. The summed E-state index contributed by atoms with van der Waals surface area (Å²) in [5.74, 6) is 1.74. The van der Waals surface area contributed by atoms with Crippen molar-refractivity contribution in [1.29, 1.82) is 0 Å². The first kappa shape index (κ1) is 11.9. The van der Waals surface area contributed by atoms with Crippen LogP contribution in [0.1, 0.15) is 11.3 Å². The minimum absolute atomic E-state index is 0.0841. The SMILES string of the molecule is OCc1cnc(N2CCOc3ccccc3C2)cn1. The van der Waals surface area contributed by atoms with Crippen LogP contribution < -0.4 is 9.64 Å². The third-order valence-corrected chi connectivity index (χ3v) is 3.13. The summed E-state index contributed by atoms with van der Waals surface area (Å²) in [5, 5.41) is 8.98. The van der Waals surface area contributed by atoms with E-state index in [0.29, 0.717) is 12.3 Å². The van der Waals surface area contributed by atoms with Crippen LogP contribution in [-0.2, 0) is 13.2 Å². The smallest absolute Gasteiger partial charge is 0.147 e. The molecule has 0 radical (unpaired) electrons. The molecule has 0 atom stereocenters. The fraction of sp³-hybridized carbons (Fsp3) is 0.286. The molecule has 0 fully saturated rings. The molecule has 5 nitrogen and oxygen atoms in total. The molecule has 1 aromatic carbocycles. The lowest BCUT2D eigenvalue weighted by molar-refractivity contribution is 0.276. The van der Waals surface area contributed by atoms with E-state index in [1.165, 1.54) is 0 Å². The van der Waals surface area contributed by atoms with Gasteiger partial charge in [-0.25, -0.2) is 4.98 Å². The lowest BCUT2D eigenvalue weighted by Gasteiger charge is -2.20. The highest BCUT2D eigenvalue weighted by molar-refractivity contribution is 5.42. The summed E-state index contributed by atoms with van der Waals surface area (Å²) in [4.78, 5) is 10.6. The van der Waals surface area contributed by atoms with E-state index in [2.05, 4.69) is 20.9 Å². The second kappa shape index (κ2) is 5.24. The third-order valence-electron chi connectivity index (χ3n) is 3.13. The van der Waals surface area contributed by atoms with Crippen LogP contribution in [-0.4, -0.2) is 28.2 Å². The van der Waals surface area contributed by atoms with Crippen molar-refractivity contribution in [1.82, 2.24) is 9.97 Å². The largest absolute Gasteiger partial charge is 0.491 e. The van der Waals surface area contributed by atoms with Gasteiger partial charge in [-0.2, -0.15) is 0 Å². The summed E-state index contributed by atoms with van der Waals surface area (Å²) in [6, 6.07) is 8.03. The molecule has 0 spiro atoms. The van der Waals surface area contributed by atoms with Gasteiger partial charge in [-0.15, -0.1) is 0 Å². The molecule has 5 heteroatoms. The molecular weight excluding hydrogens is 242 g/mol. The molecule has 1 N–H and O–H groups in total. The summed E-state index contributed by atoms with van der Waals surface area (Å²) in [6.45, 7) is 2.06. The summed E-state index contributed by atoms with van der Waals surface area (Å²) >= 11 is 0. The number of ether oxygens (including phenoxy) is 1. The Balaban J connectivity index is 1.85. The lowest BCUT2D eigenvalue weighted by Crippen LogP contribution is -2.26. The Kier molecular flexibility index (Phi) is 3.29. The van der Waals surface area contributed by atoms with Gasteiger partial charge in [0, 0.05) is 12.1 Å².